The number of carbonyl (C=O) groups excluding carboxylic acids is 1. The van der Waals surface area contributed by atoms with Crippen molar-refractivity contribution in [1.82, 2.24) is 4.98 Å². The Hall–Kier alpha value is -3.26. The van der Waals surface area contributed by atoms with Gasteiger partial charge in [-0.25, -0.2) is 0 Å². The molecule has 0 aliphatic carbocycles. The van der Waals surface area contributed by atoms with Crippen molar-refractivity contribution in [2.45, 2.75) is 18.4 Å². The van der Waals surface area contributed by atoms with Crippen molar-refractivity contribution >= 4 is 28.7 Å². The fraction of sp³-hybridized carbons (Fsp3) is 0.364. The van der Waals surface area contributed by atoms with E-state index in [4.69, 9.17) is 18.6 Å². The number of aromatic nitrogens is 1. The Morgan fingerprint density at radius 2 is 1.93 bits per heavy atom. The highest BCUT2D eigenvalue weighted by Crippen LogP contribution is 2.40. The van der Waals surface area contributed by atoms with Crippen molar-refractivity contribution in [3.8, 4) is 11.5 Å². The molecule has 1 spiro atoms. The number of rotatable bonds is 3. The van der Waals surface area contributed by atoms with Crippen LogP contribution in [0.15, 0.2) is 40.8 Å². The Balaban J connectivity index is 1.23. The quantitative estimate of drug-likeness (QED) is 0.713. The number of ether oxygens (including phenoxy) is 3. The lowest BCUT2D eigenvalue weighted by molar-refractivity contribution is -0.0520. The number of hydrogen-bond acceptors (Lipinski definition) is 7. The summed E-state index contributed by atoms with van der Waals surface area (Å²) in [5.41, 5.74) is 2.61. The Labute approximate surface area is 172 Å². The van der Waals surface area contributed by atoms with Crippen LogP contribution in [0.25, 0.3) is 11.1 Å². The molecule has 2 fully saturated rings. The third-order valence-electron chi connectivity index (χ3n) is 6.01. The van der Waals surface area contributed by atoms with Gasteiger partial charge in [0.15, 0.2) is 17.1 Å². The third kappa shape index (κ3) is 2.79. The van der Waals surface area contributed by atoms with Crippen molar-refractivity contribution in [2.75, 3.05) is 43.2 Å². The summed E-state index contributed by atoms with van der Waals surface area (Å²) < 4.78 is 22.5. The third-order valence-corrected chi connectivity index (χ3v) is 6.01. The van der Waals surface area contributed by atoms with Crippen molar-refractivity contribution < 1.29 is 23.4 Å². The van der Waals surface area contributed by atoms with E-state index < -0.39 is 0 Å². The van der Waals surface area contributed by atoms with Gasteiger partial charge in [0, 0.05) is 17.8 Å². The number of nitrogens with zero attached hydrogens (tertiary/aromatic N) is 2. The first-order valence-corrected chi connectivity index (χ1v) is 10.2. The number of hydrogen-bond donors (Lipinski definition) is 1. The fourth-order valence-electron chi connectivity index (χ4n) is 4.37. The molecule has 8 nitrogen and oxygen atoms in total. The molecule has 1 amide bonds. The molecule has 1 N–H and O–H groups in total. The summed E-state index contributed by atoms with van der Waals surface area (Å²) in [6.07, 6.45) is 2.21. The van der Waals surface area contributed by atoms with E-state index in [1.807, 2.05) is 18.2 Å². The number of amides is 1. The zero-order valence-electron chi connectivity index (χ0n) is 16.3. The van der Waals surface area contributed by atoms with Crippen LogP contribution in [0.1, 0.15) is 23.2 Å². The van der Waals surface area contributed by atoms with Crippen molar-refractivity contribution in [3.63, 3.8) is 0 Å². The predicted molar refractivity (Wildman–Crippen MR) is 110 cm³/mol. The molecule has 0 bridgehead atoms. The standard InChI is InChI=1S/C22H21N3O5/c26-20(14-2-4-18-19(10-14)29-9-8-28-18)23-15-3-5-17-16(11-15)24-21(30-17)25-7-1-6-22(25)12-27-13-22/h2-5,10-11H,1,6-9,12-13H2,(H,23,26). The van der Waals surface area contributed by atoms with Crippen molar-refractivity contribution in [3.05, 3.63) is 42.0 Å². The Bertz CT molecular complexity index is 1140. The lowest BCUT2D eigenvalue weighted by Gasteiger charge is -2.44. The Morgan fingerprint density at radius 1 is 1.07 bits per heavy atom. The monoisotopic (exact) mass is 407 g/mol. The number of oxazole rings is 1. The second kappa shape index (κ2) is 6.63. The van der Waals surface area contributed by atoms with Crippen molar-refractivity contribution in [2.24, 2.45) is 0 Å². The molecule has 0 saturated carbocycles. The summed E-state index contributed by atoms with van der Waals surface area (Å²) in [6, 6.07) is 11.3. The largest absolute Gasteiger partial charge is 0.486 e. The minimum absolute atomic E-state index is 0.0379. The van der Waals surface area contributed by atoms with Crippen LogP contribution in [0.3, 0.4) is 0 Å². The molecule has 3 aliphatic rings. The molecule has 3 aliphatic heterocycles. The van der Waals surface area contributed by atoms with Gasteiger partial charge in [-0.05, 0) is 49.2 Å². The number of carbonyl (C=O) groups is 1. The molecule has 0 atom stereocenters. The second-order valence-electron chi connectivity index (χ2n) is 7.96. The number of benzene rings is 2. The average molecular weight is 407 g/mol. The predicted octanol–water partition coefficient (Wildman–Crippen LogP) is 3.22. The highest BCUT2D eigenvalue weighted by molar-refractivity contribution is 6.05. The van der Waals surface area contributed by atoms with Crippen LogP contribution in [0, 0.1) is 0 Å². The van der Waals surface area contributed by atoms with Crippen molar-refractivity contribution in [1.29, 1.82) is 0 Å². The minimum Gasteiger partial charge on any atom is -0.486 e. The van der Waals surface area contributed by atoms with Gasteiger partial charge >= 0.3 is 0 Å². The maximum absolute atomic E-state index is 12.7. The zero-order chi connectivity index (χ0) is 20.1. The van der Waals surface area contributed by atoms with Crippen LogP contribution in [0.2, 0.25) is 0 Å². The normalized spacial score (nSPS) is 19.1. The summed E-state index contributed by atoms with van der Waals surface area (Å²) in [7, 11) is 0. The molecule has 1 aromatic heterocycles. The van der Waals surface area contributed by atoms with Crippen LogP contribution in [-0.4, -0.2) is 49.4 Å². The molecule has 0 radical (unpaired) electrons. The molecule has 6 rings (SSSR count). The first-order chi connectivity index (χ1) is 14.7. The van der Waals surface area contributed by atoms with Gasteiger partial charge in [-0.3, -0.25) is 4.79 Å². The summed E-state index contributed by atoms with van der Waals surface area (Å²) in [6.45, 7) is 3.37. The first-order valence-electron chi connectivity index (χ1n) is 10.2. The minimum atomic E-state index is -0.222. The SMILES string of the molecule is O=C(Nc1ccc2oc(N3CCCC34COC4)nc2c1)c1ccc2c(c1)OCCO2. The smallest absolute Gasteiger partial charge is 0.299 e. The van der Waals surface area contributed by atoms with Crippen LogP contribution in [0.5, 0.6) is 11.5 Å². The maximum Gasteiger partial charge on any atom is 0.299 e. The summed E-state index contributed by atoms with van der Waals surface area (Å²) in [4.78, 5) is 19.6. The van der Waals surface area contributed by atoms with E-state index in [0.717, 1.165) is 32.6 Å². The van der Waals surface area contributed by atoms with Gasteiger partial charge in [0.05, 0.1) is 18.8 Å². The van der Waals surface area contributed by atoms with E-state index >= 15 is 0 Å². The molecular formula is C22H21N3O5. The Kier molecular flexibility index (Phi) is 3.89. The number of anilines is 2. The summed E-state index contributed by atoms with van der Waals surface area (Å²) >= 11 is 0. The van der Waals surface area contributed by atoms with Crippen LogP contribution in [0.4, 0.5) is 11.7 Å². The van der Waals surface area contributed by atoms with E-state index in [0.29, 0.717) is 53.1 Å². The molecule has 4 heterocycles. The molecule has 2 saturated heterocycles. The fourth-order valence-corrected chi connectivity index (χ4v) is 4.37. The highest BCUT2D eigenvalue weighted by Gasteiger charge is 2.49. The topological polar surface area (TPSA) is 86.1 Å². The van der Waals surface area contributed by atoms with Gasteiger partial charge in [-0.1, -0.05) is 0 Å². The highest BCUT2D eigenvalue weighted by atomic mass is 16.6. The summed E-state index contributed by atoms with van der Waals surface area (Å²) in [5, 5.41) is 2.92. The maximum atomic E-state index is 12.7. The van der Waals surface area contributed by atoms with E-state index in [1.165, 1.54) is 0 Å². The molecule has 154 valence electrons. The average Bonchev–Trinajstić information content (AvgIpc) is 3.37. The van der Waals surface area contributed by atoms with Gasteiger partial charge in [0.25, 0.3) is 11.9 Å². The molecule has 30 heavy (non-hydrogen) atoms. The van der Waals surface area contributed by atoms with Gasteiger partial charge in [0.2, 0.25) is 0 Å². The van der Waals surface area contributed by atoms with Crippen LogP contribution >= 0.6 is 0 Å². The molecule has 8 heteroatoms. The van der Waals surface area contributed by atoms with Crippen LogP contribution in [-0.2, 0) is 4.74 Å². The van der Waals surface area contributed by atoms with Gasteiger partial charge < -0.3 is 28.8 Å². The Morgan fingerprint density at radius 3 is 2.77 bits per heavy atom. The second-order valence-corrected chi connectivity index (χ2v) is 7.96. The number of nitrogens with one attached hydrogen (secondary N) is 1. The van der Waals surface area contributed by atoms with Gasteiger partial charge in [-0.2, -0.15) is 4.98 Å². The lowest BCUT2D eigenvalue weighted by atomic mass is 9.94. The zero-order valence-corrected chi connectivity index (χ0v) is 16.3. The van der Waals surface area contributed by atoms with Gasteiger partial charge in [-0.15, -0.1) is 0 Å². The van der Waals surface area contributed by atoms with E-state index in [1.54, 1.807) is 18.2 Å². The lowest BCUT2D eigenvalue weighted by Crippen LogP contribution is -2.59. The number of fused-ring (bicyclic) bond motifs is 2. The van der Waals surface area contributed by atoms with E-state index in [-0.39, 0.29) is 11.4 Å². The molecule has 0 unspecified atom stereocenters. The van der Waals surface area contributed by atoms with E-state index in [9.17, 15) is 4.79 Å². The molecule has 2 aromatic carbocycles. The molecular weight excluding hydrogens is 386 g/mol. The summed E-state index contributed by atoms with van der Waals surface area (Å²) in [5.74, 6) is 1.02. The molecule has 3 aromatic rings. The van der Waals surface area contributed by atoms with Crippen LogP contribution < -0.4 is 19.7 Å². The van der Waals surface area contributed by atoms with Gasteiger partial charge in [0.1, 0.15) is 18.7 Å². The van der Waals surface area contributed by atoms with E-state index in [2.05, 4.69) is 15.2 Å². The first kappa shape index (κ1) is 17.6.